The lowest BCUT2D eigenvalue weighted by Crippen LogP contribution is -1.97. The number of nitrogens with two attached hydrogens (primary N) is 2. The van der Waals surface area contributed by atoms with Crippen LogP contribution in [0.3, 0.4) is 0 Å². The average Bonchev–Trinajstić information content (AvgIpc) is 2.26. The minimum Gasteiger partial charge on any atom is -0.481 e. The number of hydrogen-bond acceptors (Lipinski definition) is 4. The van der Waals surface area contributed by atoms with Crippen molar-refractivity contribution in [1.29, 1.82) is 0 Å². The highest BCUT2D eigenvalue weighted by atomic mass is 16.4. The number of carboxylic acids is 2. The highest BCUT2D eigenvalue weighted by Gasteiger charge is 1.99. The molecule has 17 heavy (non-hydrogen) atoms. The standard InChI is InChI=1S/C6H10O4.C5H12N2/c7-5(8)3-1-2-4-6(9)10;6-4-2-1-3-5-7/h1-4H2,(H,7,8)(H,9,10);2,4H,1,3,5-7H2. The summed E-state index contributed by atoms with van der Waals surface area (Å²) in [5.41, 5.74) is 10.2. The van der Waals surface area contributed by atoms with Crippen molar-refractivity contribution >= 4 is 11.9 Å². The molecule has 0 radical (unpaired) electrons. The third-order valence-electron chi connectivity index (χ3n) is 1.74. The largest absolute Gasteiger partial charge is 0.481 e. The fourth-order valence-electron chi connectivity index (χ4n) is 0.884. The molecular formula is C11H22N2O4. The van der Waals surface area contributed by atoms with Crippen molar-refractivity contribution < 1.29 is 19.8 Å². The Morgan fingerprint density at radius 2 is 1.47 bits per heavy atom. The molecule has 0 aliphatic carbocycles. The van der Waals surface area contributed by atoms with Crippen molar-refractivity contribution in [2.24, 2.45) is 11.5 Å². The van der Waals surface area contributed by atoms with E-state index in [-0.39, 0.29) is 12.8 Å². The SMILES string of the molecule is NC=CCCCN.O=C(O)CCCCC(=O)O. The van der Waals surface area contributed by atoms with Gasteiger partial charge in [-0.2, -0.15) is 0 Å². The molecule has 0 saturated heterocycles. The van der Waals surface area contributed by atoms with Gasteiger partial charge in [0.15, 0.2) is 0 Å². The van der Waals surface area contributed by atoms with Crippen molar-refractivity contribution in [3.63, 3.8) is 0 Å². The lowest BCUT2D eigenvalue weighted by molar-refractivity contribution is -0.139. The van der Waals surface area contributed by atoms with Gasteiger partial charge in [-0.3, -0.25) is 9.59 Å². The zero-order valence-corrected chi connectivity index (χ0v) is 9.97. The molecule has 0 aliphatic rings. The molecule has 100 valence electrons. The fourth-order valence-corrected chi connectivity index (χ4v) is 0.884. The molecule has 0 fully saturated rings. The Bertz CT molecular complexity index is 214. The number of rotatable bonds is 8. The lowest BCUT2D eigenvalue weighted by atomic mass is 10.2. The topological polar surface area (TPSA) is 127 Å². The molecule has 0 saturated carbocycles. The highest BCUT2D eigenvalue weighted by Crippen LogP contribution is 1.98. The van der Waals surface area contributed by atoms with Crippen LogP contribution in [0, 0.1) is 0 Å². The lowest BCUT2D eigenvalue weighted by Gasteiger charge is -1.92. The molecule has 0 aromatic heterocycles. The van der Waals surface area contributed by atoms with Gasteiger partial charge in [0.05, 0.1) is 0 Å². The molecule has 0 unspecified atom stereocenters. The predicted octanol–water partition coefficient (Wildman–Crippen LogP) is 0.914. The number of carbonyl (C=O) groups is 2. The Kier molecular flexibility index (Phi) is 15.1. The minimum atomic E-state index is -0.870. The van der Waals surface area contributed by atoms with Crippen molar-refractivity contribution in [2.45, 2.75) is 38.5 Å². The second-order valence-electron chi connectivity index (χ2n) is 3.35. The maximum Gasteiger partial charge on any atom is 0.303 e. The third-order valence-corrected chi connectivity index (χ3v) is 1.74. The summed E-state index contributed by atoms with van der Waals surface area (Å²) in [7, 11) is 0. The van der Waals surface area contributed by atoms with Crippen LogP contribution < -0.4 is 11.5 Å². The van der Waals surface area contributed by atoms with Crippen LogP contribution in [0.25, 0.3) is 0 Å². The van der Waals surface area contributed by atoms with E-state index in [1.54, 1.807) is 6.20 Å². The van der Waals surface area contributed by atoms with Crippen molar-refractivity contribution in [3.8, 4) is 0 Å². The van der Waals surface area contributed by atoms with Crippen molar-refractivity contribution in [2.75, 3.05) is 6.54 Å². The summed E-state index contributed by atoms with van der Waals surface area (Å²) < 4.78 is 0. The molecule has 0 rings (SSSR count). The molecule has 0 aromatic carbocycles. The zero-order valence-electron chi connectivity index (χ0n) is 9.97. The first-order chi connectivity index (χ1) is 8.04. The second kappa shape index (κ2) is 14.4. The summed E-state index contributed by atoms with van der Waals surface area (Å²) in [6, 6.07) is 0. The van der Waals surface area contributed by atoms with Gasteiger partial charge in [0.25, 0.3) is 0 Å². The first kappa shape index (κ1) is 17.8. The van der Waals surface area contributed by atoms with E-state index in [0.29, 0.717) is 12.8 Å². The van der Waals surface area contributed by atoms with E-state index in [1.165, 1.54) is 0 Å². The molecule has 0 aliphatic heterocycles. The zero-order chi connectivity index (χ0) is 13.5. The molecule has 0 aromatic rings. The van der Waals surface area contributed by atoms with Crippen LogP contribution in [0.4, 0.5) is 0 Å². The van der Waals surface area contributed by atoms with Gasteiger partial charge in [-0.25, -0.2) is 0 Å². The van der Waals surface area contributed by atoms with Gasteiger partial charge < -0.3 is 21.7 Å². The van der Waals surface area contributed by atoms with E-state index in [2.05, 4.69) is 0 Å². The van der Waals surface area contributed by atoms with Gasteiger partial charge in [0.1, 0.15) is 0 Å². The van der Waals surface area contributed by atoms with Gasteiger partial charge in [-0.15, -0.1) is 0 Å². The minimum absolute atomic E-state index is 0.0628. The Morgan fingerprint density at radius 3 is 1.76 bits per heavy atom. The summed E-state index contributed by atoms with van der Waals surface area (Å²) in [5.74, 6) is -1.74. The molecular weight excluding hydrogens is 224 g/mol. The van der Waals surface area contributed by atoms with Crippen molar-refractivity contribution in [3.05, 3.63) is 12.3 Å². The molecule has 0 atom stereocenters. The van der Waals surface area contributed by atoms with Gasteiger partial charge in [-0.05, 0) is 38.4 Å². The van der Waals surface area contributed by atoms with Gasteiger partial charge in [0.2, 0.25) is 0 Å². The molecule has 6 nitrogen and oxygen atoms in total. The van der Waals surface area contributed by atoms with Crippen molar-refractivity contribution in [1.82, 2.24) is 0 Å². The molecule has 0 spiro atoms. The van der Waals surface area contributed by atoms with E-state index < -0.39 is 11.9 Å². The number of allylic oxidation sites excluding steroid dienone is 1. The molecule has 0 heterocycles. The van der Waals surface area contributed by atoms with Crippen LogP contribution in [0.5, 0.6) is 0 Å². The van der Waals surface area contributed by atoms with Crippen LogP contribution in [0.2, 0.25) is 0 Å². The third kappa shape index (κ3) is 25.1. The van der Waals surface area contributed by atoms with Crippen LogP contribution >= 0.6 is 0 Å². The monoisotopic (exact) mass is 246 g/mol. The summed E-state index contributed by atoms with van der Waals surface area (Å²) in [6.07, 6.45) is 6.52. The van der Waals surface area contributed by atoms with Gasteiger partial charge >= 0.3 is 11.9 Å². The van der Waals surface area contributed by atoms with E-state index in [0.717, 1.165) is 19.4 Å². The Balaban J connectivity index is 0. The summed E-state index contributed by atoms with van der Waals surface area (Å²) in [5, 5.41) is 16.3. The Labute approximate surface area is 101 Å². The maximum absolute atomic E-state index is 9.90. The van der Waals surface area contributed by atoms with E-state index in [9.17, 15) is 9.59 Å². The summed E-state index contributed by atoms with van der Waals surface area (Å²) in [4.78, 5) is 19.8. The summed E-state index contributed by atoms with van der Waals surface area (Å²) >= 11 is 0. The first-order valence-corrected chi connectivity index (χ1v) is 5.55. The number of aliphatic carboxylic acids is 2. The quantitative estimate of drug-likeness (QED) is 0.471. The highest BCUT2D eigenvalue weighted by molar-refractivity contribution is 5.67. The van der Waals surface area contributed by atoms with Crippen LogP contribution in [-0.4, -0.2) is 28.7 Å². The number of unbranched alkanes of at least 4 members (excludes halogenated alkanes) is 2. The fraction of sp³-hybridized carbons (Fsp3) is 0.636. The van der Waals surface area contributed by atoms with Crippen LogP contribution in [0.15, 0.2) is 12.3 Å². The molecule has 6 heteroatoms. The Hall–Kier alpha value is -1.56. The number of hydrogen-bond donors (Lipinski definition) is 4. The normalized spacial score (nSPS) is 9.71. The van der Waals surface area contributed by atoms with Crippen LogP contribution in [-0.2, 0) is 9.59 Å². The second-order valence-corrected chi connectivity index (χ2v) is 3.35. The van der Waals surface area contributed by atoms with Gasteiger partial charge in [-0.1, -0.05) is 6.08 Å². The van der Waals surface area contributed by atoms with Gasteiger partial charge in [0, 0.05) is 12.8 Å². The van der Waals surface area contributed by atoms with E-state index >= 15 is 0 Å². The average molecular weight is 246 g/mol. The maximum atomic E-state index is 9.90. The van der Waals surface area contributed by atoms with Crippen LogP contribution in [0.1, 0.15) is 38.5 Å². The number of carboxylic acid groups (broad SMARTS) is 2. The molecule has 0 amide bonds. The Morgan fingerprint density at radius 1 is 1.00 bits per heavy atom. The molecule has 6 N–H and O–H groups in total. The van der Waals surface area contributed by atoms with E-state index in [4.69, 9.17) is 21.7 Å². The smallest absolute Gasteiger partial charge is 0.303 e. The molecule has 0 bridgehead atoms. The van der Waals surface area contributed by atoms with E-state index in [1.807, 2.05) is 6.08 Å². The first-order valence-electron chi connectivity index (χ1n) is 5.55. The predicted molar refractivity (Wildman–Crippen MR) is 65.4 cm³/mol. The summed E-state index contributed by atoms with van der Waals surface area (Å²) in [6.45, 7) is 0.754.